The molecule has 4 aromatic rings. The van der Waals surface area contributed by atoms with Crippen LogP contribution in [0.15, 0.2) is 95.5 Å². The average Bonchev–Trinajstić information content (AvgIpc) is 3.31. The van der Waals surface area contributed by atoms with Crippen LogP contribution in [0.2, 0.25) is 0 Å². The molecule has 224 valence electrons. The van der Waals surface area contributed by atoms with Crippen LogP contribution in [-0.4, -0.2) is 42.3 Å². The topological polar surface area (TPSA) is 137 Å². The van der Waals surface area contributed by atoms with Gasteiger partial charge >= 0.3 is 17.9 Å². The zero-order chi connectivity index (χ0) is 31.8. The monoisotopic (exact) mass is 592 g/mol. The fourth-order valence-electron chi connectivity index (χ4n) is 5.64. The number of benzene rings is 3. The van der Waals surface area contributed by atoms with Crippen LogP contribution in [0.1, 0.15) is 32.3 Å². The van der Waals surface area contributed by atoms with Gasteiger partial charge in [0.05, 0.1) is 37.4 Å². The van der Waals surface area contributed by atoms with Gasteiger partial charge in [-0.3, -0.25) is 9.69 Å². The second-order valence-corrected chi connectivity index (χ2v) is 11.2. The van der Waals surface area contributed by atoms with E-state index < -0.39 is 29.4 Å². The summed E-state index contributed by atoms with van der Waals surface area (Å²) in [5.74, 6) is -3.04. The number of hydrogen-bond donors (Lipinski definition) is 1. The number of carbonyl (C=O) groups is 3. The number of hydrogen-bond acceptors (Lipinski definition) is 9. The van der Waals surface area contributed by atoms with E-state index in [2.05, 4.69) is 6.07 Å². The van der Waals surface area contributed by atoms with E-state index in [-0.39, 0.29) is 29.2 Å². The van der Waals surface area contributed by atoms with Crippen molar-refractivity contribution in [3.8, 4) is 6.07 Å². The van der Waals surface area contributed by atoms with Crippen molar-refractivity contribution < 1.29 is 28.6 Å². The Labute approximate surface area is 254 Å². The largest absolute Gasteiger partial charge is 0.466 e. The third kappa shape index (κ3) is 5.24. The highest BCUT2D eigenvalue weighted by Gasteiger charge is 2.43. The van der Waals surface area contributed by atoms with Crippen molar-refractivity contribution in [2.45, 2.75) is 38.8 Å². The Morgan fingerprint density at radius 3 is 2.16 bits per heavy atom. The molecule has 1 aliphatic rings. The third-order valence-electron chi connectivity index (χ3n) is 7.33. The number of carbonyl (C=O) groups excluding carboxylic acids is 3. The van der Waals surface area contributed by atoms with E-state index in [1.807, 2.05) is 49.6 Å². The van der Waals surface area contributed by atoms with Gasteiger partial charge < -0.3 is 24.5 Å². The van der Waals surface area contributed by atoms with Gasteiger partial charge in [-0.25, -0.2) is 9.59 Å². The van der Waals surface area contributed by atoms with Gasteiger partial charge in [0, 0.05) is 27.5 Å². The summed E-state index contributed by atoms with van der Waals surface area (Å²) in [4.78, 5) is 41.1. The van der Waals surface area contributed by atoms with E-state index in [0.29, 0.717) is 11.3 Å². The molecule has 0 spiro atoms. The highest BCUT2D eigenvalue weighted by atomic mass is 16.6. The van der Waals surface area contributed by atoms with Gasteiger partial charge in [0.25, 0.3) is 0 Å². The lowest BCUT2D eigenvalue weighted by Crippen LogP contribution is -2.40. The molecule has 0 fully saturated rings. The average molecular weight is 593 g/mol. The highest BCUT2D eigenvalue weighted by Crippen LogP contribution is 2.44. The maximum absolute atomic E-state index is 13.5. The summed E-state index contributed by atoms with van der Waals surface area (Å²) in [6.45, 7) is 5.41. The molecule has 44 heavy (non-hydrogen) atoms. The number of nitrogens with zero attached hydrogens (tertiary/aromatic N) is 3. The molecule has 2 N–H and O–H groups in total. The van der Waals surface area contributed by atoms with Gasteiger partial charge in [0.2, 0.25) is 0 Å². The van der Waals surface area contributed by atoms with Crippen LogP contribution in [0, 0.1) is 11.3 Å². The fourth-order valence-corrected chi connectivity index (χ4v) is 5.64. The summed E-state index contributed by atoms with van der Waals surface area (Å²) in [6.07, 6.45) is 0. The molecule has 0 radical (unpaired) electrons. The first-order chi connectivity index (χ1) is 21.0. The van der Waals surface area contributed by atoms with Crippen LogP contribution < -0.4 is 10.6 Å². The third-order valence-corrected chi connectivity index (χ3v) is 7.33. The number of aromatic nitrogens is 1. The minimum absolute atomic E-state index is 0.0243. The predicted molar refractivity (Wildman–Crippen MR) is 165 cm³/mol. The summed E-state index contributed by atoms with van der Waals surface area (Å²) in [7, 11) is 2.41. The second-order valence-electron chi connectivity index (χ2n) is 11.2. The quantitative estimate of drug-likeness (QED) is 0.241. The molecule has 10 nitrogen and oxygen atoms in total. The molecule has 1 aromatic heterocycles. The molecule has 0 amide bonds. The minimum atomic E-state index is -0.974. The SMILES string of the molecule is COC(=O)C1=C(C(=O)OC)N(c2ccc3c(c2)c2ccccc2n3CC(=O)OC(C)(C)C)C(N)=C(C#N)C1c1ccccc1. The van der Waals surface area contributed by atoms with E-state index in [4.69, 9.17) is 19.9 Å². The maximum Gasteiger partial charge on any atom is 0.355 e. The summed E-state index contributed by atoms with van der Waals surface area (Å²) >= 11 is 0. The highest BCUT2D eigenvalue weighted by molar-refractivity contribution is 6.11. The Morgan fingerprint density at radius 2 is 1.52 bits per heavy atom. The van der Waals surface area contributed by atoms with Gasteiger partial charge in [0.15, 0.2) is 0 Å². The maximum atomic E-state index is 13.5. The number of ether oxygens (including phenoxy) is 3. The first-order valence-corrected chi connectivity index (χ1v) is 13.9. The molecule has 2 heterocycles. The number of nitrogens with two attached hydrogens (primary N) is 1. The number of rotatable bonds is 6. The number of allylic oxidation sites excluding steroid dienone is 1. The van der Waals surface area contributed by atoms with E-state index in [1.54, 1.807) is 48.5 Å². The standard InChI is InChI=1S/C34H32N4O6/c1-34(2,3)44-27(39)19-37-25-14-10-9-13-22(25)23-17-21(15-16-26(23)37)38-30(33(41)43-5)29(32(40)42-4)28(24(18-35)31(38)36)20-11-7-6-8-12-20/h6-17,28H,19,36H2,1-5H3. The Morgan fingerprint density at radius 1 is 0.886 bits per heavy atom. The van der Waals surface area contributed by atoms with E-state index in [0.717, 1.165) is 21.8 Å². The van der Waals surface area contributed by atoms with Gasteiger partial charge in [-0.05, 0) is 50.6 Å². The lowest BCUT2D eigenvalue weighted by Gasteiger charge is -2.36. The molecule has 1 unspecified atom stereocenters. The number of esters is 3. The molecule has 5 rings (SSSR count). The lowest BCUT2D eigenvalue weighted by molar-refractivity contribution is -0.155. The summed E-state index contributed by atoms with van der Waals surface area (Å²) in [5.41, 5.74) is 8.38. The number of anilines is 1. The van der Waals surface area contributed by atoms with Crippen molar-refractivity contribution in [2.24, 2.45) is 5.73 Å². The molecule has 10 heteroatoms. The lowest BCUT2D eigenvalue weighted by atomic mass is 9.81. The van der Waals surface area contributed by atoms with Crippen molar-refractivity contribution in [1.82, 2.24) is 4.57 Å². The summed E-state index contributed by atoms with van der Waals surface area (Å²) in [5, 5.41) is 11.9. The van der Waals surface area contributed by atoms with Crippen molar-refractivity contribution >= 4 is 45.4 Å². The van der Waals surface area contributed by atoms with Crippen LogP contribution in [0.4, 0.5) is 5.69 Å². The zero-order valence-electron chi connectivity index (χ0n) is 25.1. The van der Waals surface area contributed by atoms with Crippen molar-refractivity contribution in [2.75, 3.05) is 19.1 Å². The first-order valence-electron chi connectivity index (χ1n) is 13.9. The smallest absolute Gasteiger partial charge is 0.355 e. The Bertz CT molecular complexity index is 1910. The Balaban J connectivity index is 1.76. The first kappa shape index (κ1) is 29.9. The molecule has 0 aliphatic carbocycles. The van der Waals surface area contributed by atoms with Crippen molar-refractivity contribution in [3.63, 3.8) is 0 Å². The predicted octanol–water partition coefficient (Wildman–Crippen LogP) is 5.03. The molecule has 0 saturated carbocycles. The van der Waals surface area contributed by atoms with Crippen LogP contribution >= 0.6 is 0 Å². The van der Waals surface area contributed by atoms with Crippen LogP contribution in [0.25, 0.3) is 21.8 Å². The van der Waals surface area contributed by atoms with E-state index >= 15 is 0 Å². The number of methoxy groups -OCH3 is 2. The Kier molecular flexibility index (Phi) is 7.89. The minimum Gasteiger partial charge on any atom is -0.466 e. The molecular formula is C34H32N4O6. The van der Waals surface area contributed by atoms with Gasteiger partial charge in [0.1, 0.15) is 23.7 Å². The van der Waals surface area contributed by atoms with Gasteiger partial charge in [-0.1, -0.05) is 48.5 Å². The van der Waals surface area contributed by atoms with Gasteiger partial charge in [-0.15, -0.1) is 0 Å². The van der Waals surface area contributed by atoms with E-state index in [9.17, 15) is 19.6 Å². The number of fused-ring (bicyclic) bond motifs is 3. The Hall–Kier alpha value is -5.56. The normalized spacial score (nSPS) is 15.4. The summed E-state index contributed by atoms with van der Waals surface area (Å²) < 4.78 is 17.7. The molecule has 1 atom stereocenters. The number of nitriles is 1. The van der Waals surface area contributed by atoms with Crippen LogP contribution in [0.3, 0.4) is 0 Å². The van der Waals surface area contributed by atoms with Crippen molar-refractivity contribution in [1.29, 1.82) is 5.26 Å². The summed E-state index contributed by atoms with van der Waals surface area (Å²) in [6, 6.07) is 23.9. The zero-order valence-corrected chi connectivity index (χ0v) is 25.1. The second kappa shape index (κ2) is 11.6. The molecule has 0 saturated heterocycles. The molecule has 3 aromatic carbocycles. The molecular weight excluding hydrogens is 560 g/mol. The molecule has 1 aliphatic heterocycles. The molecule has 0 bridgehead atoms. The van der Waals surface area contributed by atoms with E-state index in [1.165, 1.54) is 19.1 Å². The van der Waals surface area contributed by atoms with Crippen LogP contribution in [0.5, 0.6) is 0 Å². The number of para-hydroxylation sites is 1. The fraction of sp³-hybridized carbons (Fsp3) is 0.235. The van der Waals surface area contributed by atoms with Gasteiger partial charge in [-0.2, -0.15) is 5.26 Å². The van der Waals surface area contributed by atoms with Crippen LogP contribution in [-0.2, 0) is 35.1 Å². The van der Waals surface area contributed by atoms with Crippen molar-refractivity contribution in [3.05, 3.63) is 101 Å².